The van der Waals surface area contributed by atoms with Crippen molar-refractivity contribution in [2.45, 2.75) is 91.4 Å². The molecule has 0 N–H and O–H groups in total. The van der Waals surface area contributed by atoms with Crippen LogP contribution in [0.2, 0.25) is 0 Å². The molecule has 0 aliphatic heterocycles. The normalized spacial score (nSPS) is 40.0. The second kappa shape index (κ2) is 9.83. The first-order valence-corrected chi connectivity index (χ1v) is 13.1. The molecule has 0 saturated heterocycles. The van der Waals surface area contributed by atoms with Gasteiger partial charge in [0.1, 0.15) is 0 Å². The number of aryl methyl sites for hydroxylation is 1. The third kappa shape index (κ3) is 4.37. The van der Waals surface area contributed by atoms with E-state index in [2.05, 4.69) is 63.6 Å². The zero-order valence-electron chi connectivity index (χ0n) is 20.0. The fraction of sp³-hybridized carbons (Fsp3) is 0.700. The molecule has 0 spiro atoms. The molecule has 1 aromatic carbocycles. The van der Waals surface area contributed by atoms with Gasteiger partial charge in [0.25, 0.3) is 0 Å². The van der Waals surface area contributed by atoms with Gasteiger partial charge in [-0.1, -0.05) is 75.6 Å². The van der Waals surface area contributed by atoms with Crippen LogP contribution in [-0.4, -0.2) is 0 Å². The Morgan fingerprint density at radius 3 is 2.65 bits per heavy atom. The molecule has 7 atom stereocenters. The summed E-state index contributed by atoms with van der Waals surface area (Å²) in [7, 11) is 0. The summed E-state index contributed by atoms with van der Waals surface area (Å²) in [5.74, 6) is 4.76. The summed E-state index contributed by atoms with van der Waals surface area (Å²) in [6, 6.07) is 11.1. The fourth-order valence-electron chi connectivity index (χ4n) is 8.93. The Kier molecular flexibility index (Phi) is 7.72. The van der Waals surface area contributed by atoms with Gasteiger partial charge in [0.2, 0.25) is 0 Å². The average Bonchev–Trinajstić information content (AvgIpc) is 3.11. The minimum atomic E-state index is 0. The van der Waals surface area contributed by atoms with Gasteiger partial charge in [-0.05, 0) is 90.9 Å². The zero-order valence-corrected chi connectivity index (χ0v) is 21.9. The summed E-state index contributed by atoms with van der Waals surface area (Å²) >= 11 is 0. The van der Waals surface area contributed by atoms with Crippen LogP contribution >= 0.6 is 0 Å². The maximum Gasteiger partial charge on any atom is 0 e. The van der Waals surface area contributed by atoms with E-state index in [1.54, 1.807) is 0 Å². The minimum Gasteiger partial charge on any atom is -0.325 e. The molecular weight excluding hydrogens is 525 g/mol. The van der Waals surface area contributed by atoms with Crippen LogP contribution in [0.15, 0.2) is 42.0 Å². The molecule has 0 aromatic heterocycles. The van der Waals surface area contributed by atoms with Crippen molar-refractivity contribution in [2.75, 3.05) is 0 Å². The maximum atomic E-state index is 2.72. The largest absolute Gasteiger partial charge is 0.325 e. The molecule has 1 radical (unpaired) electrons. The summed E-state index contributed by atoms with van der Waals surface area (Å²) in [4.78, 5) is 0. The van der Waals surface area contributed by atoms with Crippen LogP contribution in [0.1, 0.15) is 90.5 Å². The Morgan fingerprint density at radius 1 is 1.03 bits per heavy atom. The molecular formula is C30H43Ho-. The van der Waals surface area contributed by atoms with E-state index in [1.807, 2.05) is 5.57 Å². The van der Waals surface area contributed by atoms with Crippen LogP contribution in [-0.2, 0) is 6.42 Å². The van der Waals surface area contributed by atoms with E-state index in [-0.39, 0.29) is 37.7 Å². The van der Waals surface area contributed by atoms with Crippen molar-refractivity contribution in [3.8, 4) is 0 Å². The van der Waals surface area contributed by atoms with Crippen molar-refractivity contribution in [3.05, 3.63) is 54.0 Å². The van der Waals surface area contributed by atoms with E-state index in [9.17, 15) is 0 Å². The molecule has 4 aliphatic carbocycles. The van der Waals surface area contributed by atoms with Gasteiger partial charge in [0.15, 0.2) is 0 Å². The van der Waals surface area contributed by atoms with Crippen molar-refractivity contribution in [2.24, 2.45) is 40.4 Å². The molecule has 1 heteroatoms. The first-order valence-electron chi connectivity index (χ1n) is 13.1. The molecule has 5 rings (SSSR count). The Labute approximate surface area is 222 Å². The van der Waals surface area contributed by atoms with Gasteiger partial charge in [0, 0.05) is 37.7 Å². The molecule has 0 heterocycles. The van der Waals surface area contributed by atoms with Crippen molar-refractivity contribution >= 4 is 0 Å². The van der Waals surface area contributed by atoms with Gasteiger partial charge in [-0.15, -0.1) is 0 Å². The first kappa shape index (κ1) is 24.3. The van der Waals surface area contributed by atoms with Gasteiger partial charge in [-0.2, -0.15) is 12.8 Å². The minimum absolute atomic E-state index is 0. The van der Waals surface area contributed by atoms with Gasteiger partial charge in [0.05, 0.1) is 0 Å². The topological polar surface area (TPSA) is 0 Å². The average molecular weight is 569 g/mol. The molecule has 6 unspecified atom stereocenters. The Hall–Kier alpha value is 0.220. The van der Waals surface area contributed by atoms with Crippen LogP contribution in [0.5, 0.6) is 0 Å². The standard InChI is InChI=1S/C30H43.Ho/c1-22(10-9-13-23-11-5-4-6-12-23)26-17-18-27-25-16-15-24-14-7-8-20-29(24,2)28(25)19-21-30(26,27)3;/h4-7,11-12,15,22,25-28H,8-10,13-14,16-21H2,1-3H3;/q-1;/t22-,25?,26?,27?,28?,29?,30?;/m1./s1. The summed E-state index contributed by atoms with van der Waals surface area (Å²) in [5.41, 5.74) is 4.46. The van der Waals surface area contributed by atoms with E-state index in [4.69, 9.17) is 0 Å². The summed E-state index contributed by atoms with van der Waals surface area (Å²) in [5, 5.41) is 0. The second-order valence-corrected chi connectivity index (χ2v) is 11.9. The molecule has 0 nitrogen and oxygen atoms in total. The number of hydrogen-bond donors (Lipinski definition) is 0. The third-order valence-corrected chi connectivity index (χ3v) is 10.6. The molecule has 3 fully saturated rings. The van der Waals surface area contributed by atoms with Gasteiger partial charge >= 0.3 is 0 Å². The molecule has 3 saturated carbocycles. The summed E-state index contributed by atoms with van der Waals surface area (Å²) in [6.45, 7) is 7.95. The molecule has 1 aromatic rings. The van der Waals surface area contributed by atoms with E-state index >= 15 is 0 Å². The molecule has 4 aliphatic rings. The number of rotatable bonds is 5. The number of hydrogen-bond acceptors (Lipinski definition) is 0. The van der Waals surface area contributed by atoms with Gasteiger partial charge in [-0.3, -0.25) is 0 Å². The quantitative estimate of drug-likeness (QED) is 0.190. The van der Waals surface area contributed by atoms with Crippen molar-refractivity contribution < 1.29 is 37.7 Å². The molecule has 0 bridgehead atoms. The number of allylic oxidation sites excluding steroid dienone is 2. The predicted octanol–water partition coefficient (Wildman–Crippen LogP) is 8.43. The van der Waals surface area contributed by atoms with Crippen molar-refractivity contribution in [1.82, 2.24) is 0 Å². The molecule has 0 amide bonds. The third-order valence-electron chi connectivity index (χ3n) is 10.6. The van der Waals surface area contributed by atoms with E-state index in [1.165, 1.54) is 76.2 Å². The Balaban J connectivity index is 0.00000231. The van der Waals surface area contributed by atoms with Crippen molar-refractivity contribution in [1.29, 1.82) is 0 Å². The van der Waals surface area contributed by atoms with E-state index in [0.717, 1.165) is 29.6 Å². The van der Waals surface area contributed by atoms with Crippen LogP contribution in [0.4, 0.5) is 0 Å². The summed E-state index contributed by atoms with van der Waals surface area (Å²) < 4.78 is 0. The SMILES string of the molecule is C[C@H](CCCc1ccccc1)C1CCC2C3CC=C4C[CH-]CCC4(C)C3CCC21C.[Ho]. The predicted molar refractivity (Wildman–Crippen MR) is 128 cm³/mol. The van der Waals surface area contributed by atoms with Gasteiger partial charge < -0.3 is 6.42 Å². The maximum absolute atomic E-state index is 2.72. The molecule has 31 heavy (non-hydrogen) atoms. The Morgan fingerprint density at radius 2 is 1.84 bits per heavy atom. The van der Waals surface area contributed by atoms with Crippen LogP contribution in [0, 0.1) is 84.6 Å². The monoisotopic (exact) mass is 568 g/mol. The first-order chi connectivity index (χ1) is 14.5. The molecule has 175 valence electrons. The van der Waals surface area contributed by atoms with Crippen LogP contribution in [0.3, 0.4) is 0 Å². The zero-order chi connectivity index (χ0) is 20.8. The second-order valence-electron chi connectivity index (χ2n) is 11.9. The fourth-order valence-corrected chi connectivity index (χ4v) is 8.93. The van der Waals surface area contributed by atoms with Crippen LogP contribution in [0.25, 0.3) is 0 Å². The number of fused-ring (bicyclic) bond motifs is 5. The Bertz CT molecular complexity index is 766. The van der Waals surface area contributed by atoms with E-state index in [0.29, 0.717) is 10.8 Å². The van der Waals surface area contributed by atoms with E-state index < -0.39 is 0 Å². The van der Waals surface area contributed by atoms with Crippen molar-refractivity contribution in [3.63, 3.8) is 0 Å². The summed E-state index contributed by atoms with van der Waals surface area (Å²) in [6.07, 6.45) is 20.7. The number of benzene rings is 1. The smallest absolute Gasteiger partial charge is 0 e. The van der Waals surface area contributed by atoms with Crippen LogP contribution < -0.4 is 0 Å². The van der Waals surface area contributed by atoms with Gasteiger partial charge in [-0.25, -0.2) is 0 Å².